The van der Waals surface area contributed by atoms with E-state index in [2.05, 4.69) is 13.8 Å². The van der Waals surface area contributed by atoms with E-state index < -0.39 is 5.97 Å². The zero-order valence-corrected chi connectivity index (χ0v) is 12.0. The molecule has 2 rings (SSSR count). The minimum atomic E-state index is -0.978. The number of piperidine rings is 1. The molecule has 2 atom stereocenters. The molecule has 0 radical (unpaired) electrons. The Bertz CT molecular complexity index is 502. The van der Waals surface area contributed by atoms with Gasteiger partial charge in [0, 0.05) is 13.1 Å². The highest BCUT2D eigenvalue weighted by molar-refractivity contribution is 5.91. The predicted octanol–water partition coefficient (Wildman–Crippen LogP) is 2.43. The quantitative estimate of drug-likeness (QED) is 0.921. The highest BCUT2D eigenvalue weighted by Gasteiger charge is 2.26. The molecule has 2 unspecified atom stereocenters. The fourth-order valence-corrected chi connectivity index (χ4v) is 3.02. The van der Waals surface area contributed by atoms with Gasteiger partial charge in [0.1, 0.15) is 0 Å². The van der Waals surface area contributed by atoms with E-state index in [-0.39, 0.29) is 17.9 Å². The molecule has 1 N–H and O–H groups in total. The first kappa shape index (κ1) is 14.6. The van der Waals surface area contributed by atoms with Gasteiger partial charge in [-0.1, -0.05) is 32.0 Å². The lowest BCUT2D eigenvalue weighted by molar-refractivity contribution is -0.133. The van der Waals surface area contributed by atoms with E-state index in [0.717, 1.165) is 19.5 Å². The number of carboxylic acid groups (broad SMARTS) is 1. The van der Waals surface area contributed by atoms with Gasteiger partial charge in [0.2, 0.25) is 5.91 Å². The zero-order valence-electron chi connectivity index (χ0n) is 12.0. The van der Waals surface area contributed by atoms with Crippen molar-refractivity contribution in [1.29, 1.82) is 0 Å². The number of carbonyl (C=O) groups is 2. The number of benzene rings is 1. The summed E-state index contributed by atoms with van der Waals surface area (Å²) in [5.74, 6) is 0.0701. The third kappa shape index (κ3) is 3.38. The lowest BCUT2D eigenvalue weighted by Crippen LogP contribution is -2.43. The van der Waals surface area contributed by atoms with Crippen LogP contribution in [0.5, 0.6) is 0 Å². The molecule has 4 heteroatoms. The molecule has 0 spiro atoms. The number of nitrogens with zero attached hydrogens (tertiary/aromatic N) is 1. The number of amides is 1. The highest BCUT2D eigenvalue weighted by atomic mass is 16.4. The van der Waals surface area contributed by atoms with Crippen LogP contribution in [-0.4, -0.2) is 35.0 Å². The Morgan fingerprint density at radius 3 is 2.40 bits per heavy atom. The molecule has 0 saturated carbocycles. The molecule has 1 aromatic rings. The average molecular weight is 275 g/mol. The summed E-state index contributed by atoms with van der Waals surface area (Å²) < 4.78 is 0. The molecule has 4 nitrogen and oxygen atoms in total. The van der Waals surface area contributed by atoms with Crippen molar-refractivity contribution in [2.24, 2.45) is 11.8 Å². The van der Waals surface area contributed by atoms with Crippen molar-refractivity contribution in [2.75, 3.05) is 13.1 Å². The van der Waals surface area contributed by atoms with Gasteiger partial charge in [-0.05, 0) is 29.9 Å². The van der Waals surface area contributed by atoms with E-state index in [1.807, 2.05) is 4.90 Å². The smallest absolute Gasteiger partial charge is 0.335 e. The monoisotopic (exact) mass is 275 g/mol. The zero-order chi connectivity index (χ0) is 14.7. The van der Waals surface area contributed by atoms with Gasteiger partial charge in [-0.2, -0.15) is 0 Å². The van der Waals surface area contributed by atoms with Gasteiger partial charge in [-0.15, -0.1) is 0 Å². The Balaban J connectivity index is 2.10. The Morgan fingerprint density at radius 2 is 1.80 bits per heavy atom. The summed E-state index contributed by atoms with van der Waals surface area (Å²) in [5, 5.41) is 9.15. The van der Waals surface area contributed by atoms with Crippen molar-refractivity contribution in [2.45, 2.75) is 26.7 Å². The molecule has 20 heavy (non-hydrogen) atoms. The topological polar surface area (TPSA) is 57.6 Å². The maximum Gasteiger partial charge on any atom is 0.335 e. The van der Waals surface area contributed by atoms with Crippen LogP contribution in [0, 0.1) is 11.8 Å². The number of aromatic carboxylic acids is 1. The molecule has 108 valence electrons. The SMILES string of the molecule is CC1CC(C)CN(C(=O)Cc2ccccc2C(=O)O)C1. The summed E-state index contributed by atoms with van der Waals surface area (Å²) in [6.45, 7) is 5.86. The van der Waals surface area contributed by atoms with E-state index in [9.17, 15) is 9.59 Å². The first-order chi connectivity index (χ1) is 9.47. The Hall–Kier alpha value is -1.84. The number of likely N-dealkylation sites (tertiary alicyclic amines) is 1. The number of hydrogen-bond donors (Lipinski definition) is 1. The largest absolute Gasteiger partial charge is 0.478 e. The van der Waals surface area contributed by atoms with E-state index >= 15 is 0 Å². The normalized spacial score (nSPS) is 22.6. The molecule has 1 heterocycles. The molecule has 0 aromatic heterocycles. The van der Waals surface area contributed by atoms with Crippen molar-refractivity contribution in [3.8, 4) is 0 Å². The van der Waals surface area contributed by atoms with Crippen LogP contribution in [0.4, 0.5) is 0 Å². The maximum atomic E-state index is 12.4. The molecule has 1 aliphatic heterocycles. The molecular formula is C16H21NO3. The van der Waals surface area contributed by atoms with Crippen molar-refractivity contribution < 1.29 is 14.7 Å². The maximum absolute atomic E-state index is 12.4. The van der Waals surface area contributed by atoms with Crippen molar-refractivity contribution in [3.63, 3.8) is 0 Å². The van der Waals surface area contributed by atoms with Crippen molar-refractivity contribution in [3.05, 3.63) is 35.4 Å². The van der Waals surface area contributed by atoms with E-state index in [1.165, 1.54) is 0 Å². The molecule has 1 fully saturated rings. The van der Waals surface area contributed by atoms with Gasteiger partial charge in [0.15, 0.2) is 0 Å². The summed E-state index contributed by atoms with van der Waals surface area (Å²) >= 11 is 0. The molecule has 1 aliphatic rings. The average Bonchev–Trinajstić information content (AvgIpc) is 2.37. The number of rotatable bonds is 3. The standard InChI is InChI=1S/C16H21NO3/c1-11-7-12(2)10-17(9-11)15(18)8-13-5-3-4-6-14(13)16(19)20/h3-6,11-12H,7-10H2,1-2H3,(H,19,20). The molecule has 0 aliphatic carbocycles. The van der Waals surface area contributed by atoms with Crippen molar-refractivity contribution in [1.82, 2.24) is 4.90 Å². The summed E-state index contributed by atoms with van der Waals surface area (Å²) in [4.78, 5) is 25.4. The molecule has 0 bridgehead atoms. The second kappa shape index (κ2) is 6.07. The summed E-state index contributed by atoms with van der Waals surface area (Å²) in [5.41, 5.74) is 0.815. The Morgan fingerprint density at radius 1 is 1.20 bits per heavy atom. The van der Waals surface area contributed by atoms with Crippen LogP contribution < -0.4 is 0 Å². The van der Waals surface area contributed by atoms with Crippen LogP contribution in [0.3, 0.4) is 0 Å². The molecule has 1 saturated heterocycles. The fraction of sp³-hybridized carbons (Fsp3) is 0.500. The Kier molecular flexibility index (Phi) is 4.42. The lowest BCUT2D eigenvalue weighted by Gasteiger charge is -2.35. The molecular weight excluding hydrogens is 254 g/mol. The van der Waals surface area contributed by atoms with Crippen molar-refractivity contribution >= 4 is 11.9 Å². The number of carboxylic acids is 1. The van der Waals surface area contributed by atoms with Crippen LogP contribution in [0.2, 0.25) is 0 Å². The van der Waals surface area contributed by atoms with Gasteiger partial charge in [0.05, 0.1) is 12.0 Å². The van der Waals surface area contributed by atoms with Crippen LogP contribution in [0.15, 0.2) is 24.3 Å². The highest BCUT2D eigenvalue weighted by Crippen LogP contribution is 2.22. The summed E-state index contributed by atoms with van der Waals surface area (Å²) in [7, 11) is 0. The van der Waals surface area contributed by atoms with Crippen LogP contribution in [-0.2, 0) is 11.2 Å². The second-order valence-corrected chi connectivity index (χ2v) is 5.88. The number of carbonyl (C=O) groups excluding carboxylic acids is 1. The van der Waals surface area contributed by atoms with Crippen LogP contribution in [0.1, 0.15) is 36.2 Å². The van der Waals surface area contributed by atoms with E-state index in [1.54, 1.807) is 24.3 Å². The second-order valence-electron chi connectivity index (χ2n) is 5.88. The minimum Gasteiger partial charge on any atom is -0.478 e. The Labute approximate surface area is 119 Å². The number of hydrogen-bond acceptors (Lipinski definition) is 2. The molecule has 1 aromatic carbocycles. The van der Waals surface area contributed by atoms with Gasteiger partial charge >= 0.3 is 5.97 Å². The van der Waals surface area contributed by atoms with Crippen LogP contribution >= 0.6 is 0 Å². The van der Waals surface area contributed by atoms with Gasteiger partial charge in [-0.25, -0.2) is 4.79 Å². The first-order valence-corrected chi connectivity index (χ1v) is 7.06. The van der Waals surface area contributed by atoms with E-state index in [4.69, 9.17) is 5.11 Å². The van der Waals surface area contributed by atoms with Gasteiger partial charge in [-0.3, -0.25) is 4.79 Å². The first-order valence-electron chi connectivity index (χ1n) is 7.06. The lowest BCUT2D eigenvalue weighted by atomic mass is 9.91. The third-order valence-electron chi connectivity index (χ3n) is 3.81. The van der Waals surface area contributed by atoms with E-state index in [0.29, 0.717) is 17.4 Å². The van der Waals surface area contributed by atoms with Gasteiger partial charge in [0.25, 0.3) is 0 Å². The third-order valence-corrected chi connectivity index (χ3v) is 3.81. The van der Waals surface area contributed by atoms with Crippen LogP contribution in [0.25, 0.3) is 0 Å². The minimum absolute atomic E-state index is 0.0251. The fourth-order valence-electron chi connectivity index (χ4n) is 3.02. The van der Waals surface area contributed by atoms with Gasteiger partial charge < -0.3 is 10.0 Å². The molecule has 1 amide bonds. The summed E-state index contributed by atoms with van der Waals surface area (Å²) in [6.07, 6.45) is 1.32. The predicted molar refractivity (Wildman–Crippen MR) is 76.6 cm³/mol. The summed E-state index contributed by atoms with van der Waals surface area (Å²) in [6, 6.07) is 6.73.